The van der Waals surface area contributed by atoms with Crippen molar-refractivity contribution in [3.63, 3.8) is 0 Å². The molecule has 3 fully saturated rings. The lowest BCUT2D eigenvalue weighted by molar-refractivity contribution is -0.147. The summed E-state index contributed by atoms with van der Waals surface area (Å²) >= 11 is 0. The van der Waals surface area contributed by atoms with E-state index in [1.165, 1.54) is 19.4 Å². The summed E-state index contributed by atoms with van der Waals surface area (Å²) in [7, 11) is 0. The van der Waals surface area contributed by atoms with Crippen LogP contribution in [0, 0.1) is 5.92 Å². The van der Waals surface area contributed by atoms with Crippen LogP contribution in [0.5, 0.6) is 0 Å². The standard InChI is InChI=1S/C15H26N2O2.ClH/c18-15(14-3-1-2-10-19-14)17-8-6-13(7-9-17)16-11-12-4-5-12;/h12-14,16H,1-11H2;1H. The number of rotatable bonds is 4. The van der Waals surface area contributed by atoms with Crippen LogP contribution in [0.25, 0.3) is 0 Å². The Hall–Kier alpha value is -0.320. The molecule has 0 aromatic heterocycles. The van der Waals surface area contributed by atoms with Crippen molar-refractivity contribution in [2.24, 2.45) is 5.92 Å². The summed E-state index contributed by atoms with van der Waals surface area (Å²) in [6.45, 7) is 3.75. The molecule has 0 radical (unpaired) electrons. The molecule has 2 aliphatic heterocycles. The van der Waals surface area contributed by atoms with Gasteiger partial charge in [-0.05, 0) is 57.4 Å². The van der Waals surface area contributed by atoms with Gasteiger partial charge in [-0.3, -0.25) is 4.79 Å². The first-order valence-electron chi connectivity index (χ1n) is 7.96. The SMILES string of the molecule is Cl.O=C(C1CCCCO1)N1CCC(NCC2CC2)CC1. The summed E-state index contributed by atoms with van der Waals surface area (Å²) in [6.07, 6.45) is 8.03. The highest BCUT2D eigenvalue weighted by atomic mass is 35.5. The lowest BCUT2D eigenvalue weighted by Gasteiger charge is -2.35. The molecule has 5 heteroatoms. The normalized spacial score (nSPS) is 28.0. The number of hydrogen-bond donors (Lipinski definition) is 1. The molecule has 2 heterocycles. The second kappa shape index (κ2) is 7.62. The van der Waals surface area contributed by atoms with Gasteiger partial charge in [-0.25, -0.2) is 0 Å². The van der Waals surface area contributed by atoms with E-state index in [0.29, 0.717) is 6.04 Å². The molecule has 116 valence electrons. The average Bonchev–Trinajstić information content (AvgIpc) is 3.30. The van der Waals surface area contributed by atoms with Crippen LogP contribution in [0.4, 0.5) is 0 Å². The van der Waals surface area contributed by atoms with Crippen LogP contribution in [-0.4, -0.2) is 49.2 Å². The highest BCUT2D eigenvalue weighted by Crippen LogP contribution is 2.28. The number of hydrogen-bond acceptors (Lipinski definition) is 3. The number of carbonyl (C=O) groups is 1. The molecule has 1 atom stereocenters. The second-order valence-corrected chi connectivity index (χ2v) is 6.31. The summed E-state index contributed by atoms with van der Waals surface area (Å²) in [4.78, 5) is 14.3. The number of piperidine rings is 1. The zero-order valence-corrected chi connectivity index (χ0v) is 13.0. The number of halogens is 1. The Labute approximate surface area is 128 Å². The molecule has 0 aromatic carbocycles. The van der Waals surface area contributed by atoms with Crippen molar-refractivity contribution in [3.8, 4) is 0 Å². The first-order valence-corrected chi connectivity index (χ1v) is 7.96. The van der Waals surface area contributed by atoms with E-state index in [0.717, 1.165) is 57.7 Å². The van der Waals surface area contributed by atoms with E-state index in [2.05, 4.69) is 5.32 Å². The smallest absolute Gasteiger partial charge is 0.251 e. The van der Waals surface area contributed by atoms with Crippen molar-refractivity contribution < 1.29 is 9.53 Å². The molecule has 3 aliphatic rings. The van der Waals surface area contributed by atoms with Crippen LogP contribution in [0.2, 0.25) is 0 Å². The van der Waals surface area contributed by atoms with Gasteiger partial charge in [0.25, 0.3) is 5.91 Å². The maximum atomic E-state index is 12.3. The van der Waals surface area contributed by atoms with E-state index in [1.807, 2.05) is 4.90 Å². The van der Waals surface area contributed by atoms with E-state index in [4.69, 9.17) is 4.74 Å². The fourth-order valence-electron chi connectivity index (χ4n) is 3.10. The van der Waals surface area contributed by atoms with Gasteiger partial charge in [-0.2, -0.15) is 0 Å². The van der Waals surface area contributed by atoms with Crippen molar-refractivity contribution in [1.82, 2.24) is 10.2 Å². The lowest BCUT2D eigenvalue weighted by Crippen LogP contribution is -2.49. The van der Waals surface area contributed by atoms with Crippen molar-refractivity contribution in [2.45, 2.75) is 57.1 Å². The Bertz CT molecular complexity index is 309. The third kappa shape index (κ3) is 4.34. The average molecular weight is 303 g/mol. The van der Waals surface area contributed by atoms with Gasteiger partial charge in [0.15, 0.2) is 0 Å². The molecule has 4 nitrogen and oxygen atoms in total. The lowest BCUT2D eigenvalue weighted by atomic mass is 10.0. The van der Waals surface area contributed by atoms with E-state index in [1.54, 1.807) is 0 Å². The Morgan fingerprint density at radius 3 is 2.45 bits per heavy atom. The minimum atomic E-state index is -0.148. The molecule has 1 unspecified atom stereocenters. The van der Waals surface area contributed by atoms with Gasteiger partial charge < -0.3 is 15.0 Å². The number of nitrogens with zero attached hydrogens (tertiary/aromatic N) is 1. The summed E-state index contributed by atoms with van der Waals surface area (Å²) < 4.78 is 5.60. The molecular formula is C15H27ClN2O2. The molecular weight excluding hydrogens is 276 g/mol. The predicted molar refractivity (Wildman–Crippen MR) is 81.2 cm³/mol. The topological polar surface area (TPSA) is 41.6 Å². The van der Waals surface area contributed by atoms with Crippen LogP contribution in [-0.2, 0) is 9.53 Å². The predicted octanol–water partition coefficient (Wildman–Crippen LogP) is 1.97. The van der Waals surface area contributed by atoms with Crippen LogP contribution in [0.3, 0.4) is 0 Å². The molecule has 0 spiro atoms. The van der Waals surface area contributed by atoms with Gasteiger partial charge in [0, 0.05) is 25.7 Å². The Balaban J connectivity index is 0.00000147. The molecule has 2 saturated heterocycles. The van der Waals surface area contributed by atoms with E-state index in [-0.39, 0.29) is 24.4 Å². The van der Waals surface area contributed by atoms with Crippen LogP contribution in [0.15, 0.2) is 0 Å². The molecule has 20 heavy (non-hydrogen) atoms. The fraction of sp³-hybridized carbons (Fsp3) is 0.933. The van der Waals surface area contributed by atoms with Gasteiger partial charge in [0.05, 0.1) is 0 Å². The largest absolute Gasteiger partial charge is 0.368 e. The maximum Gasteiger partial charge on any atom is 0.251 e. The highest BCUT2D eigenvalue weighted by molar-refractivity contribution is 5.85. The fourth-order valence-corrected chi connectivity index (χ4v) is 3.10. The van der Waals surface area contributed by atoms with Crippen LogP contribution >= 0.6 is 12.4 Å². The van der Waals surface area contributed by atoms with Crippen molar-refractivity contribution >= 4 is 18.3 Å². The van der Waals surface area contributed by atoms with Crippen molar-refractivity contribution in [1.29, 1.82) is 0 Å². The molecule has 3 rings (SSSR count). The highest BCUT2D eigenvalue weighted by Gasteiger charge is 2.30. The summed E-state index contributed by atoms with van der Waals surface area (Å²) in [6, 6.07) is 0.622. The molecule has 1 amide bonds. The minimum absolute atomic E-state index is 0. The van der Waals surface area contributed by atoms with E-state index >= 15 is 0 Å². The molecule has 1 N–H and O–H groups in total. The quantitative estimate of drug-likeness (QED) is 0.863. The molecule has 0 bridgehead atoms. The van der Waals surface area contributed by atoms with Gasteiger partial charge in [-0.1, -0.05) is 0 Å². The monoisotopic (exact) mass is 302 g/mol. The minimum Gasteiger partial charge on any atom is -0.368 e. The summed E-state index contributed by atoms with van der Waals surface area (Å²) in [5.74, 6) is 1.18. The van der Waals surface area contributed by atoms with Gasteiger partial charge in [-0.15, -0.1) is 12.4 Å². The number of nitrogens with one attached hydrogen (secondary N) is 1. The molecule has 1 saturated carbocycles. The number of likely N-dealkylation sites (tertiary alicyclic amines) is 1. The maximum absolute atomic E-state index is 12.3. The zero-order chi connectivity index (χ0) is 13.1. The van der Waals surface area contributed by atoms with E-state index < -0.39 is 0 Å². The Morgan fingerprint density at radius 2 is 1.85 bits per heavy atom. The first kappa shape index (κ1) is 16.1. The van der Waals surface area contributed by atoms with Crippen LogP contribution < -0.4 is 5.32 Å². The van der Waals surface area contributed by atoms with Gasteiger partial charge >= 0.3 is 0 Å². The summed E-state index contributed by atoms with van der Waals surface area (Å²) in [5, 5.41) is 3.65. The van der Waals surface area contributed by atoms with Gasteiger partial charge in [0.1, 0.15) is 6.10 Å². The van der Waals surface area contributed by atoms with Crippen LogP contribution in [0.1, 0.15) is 44.9 Å². The van der Waals surface area contributed by atoms with Crippen molar-refractivity contribution in [3.05, 3.63) is 0 Å². The first-order chi connectivity index (χ1) is 9.33. The number of amides is 1. The molecule has 1 aliphatic carbocycles. The number of ether oxygens (including phenoxy) is 1. The Morgan fingerprint density at radius 1 is 1.10 bits per heavy atom. The molecule has 0 aromatic rings. The zero-order valence-electron chi connectivity index (χ0n) is 12.2. The van der Waals surface area contributed by atoms with E-state index in [9.17, 15) is 4.79 Å². The number of carbonyl (C=O) groups excluding carboxylic acids is 1. The van der Waals surface area contributed by atoms with Gasteiger partial charge in [0.2, 0.25) is 0 Å². The third-order valence-corrected chi connectivity index (χ3v) is 4.65. The van der Waals surface area contributed by atoms with Crippen molar-refractivity contribution in [2.75, 3.05) is 26.2 Å². The summed E-state index contributed by atoms with van der Waals surface area (Å²) in [5.41, 5.74) is 0. The third-order valence-electron chi connectivity index (χ3n) is 4.65. The Kier molecular flexibility index (Phi) is 6.12. The second-order valence-electron chi connectivity index (χ2n) is 6.31.